The van der Waals surface area contributed by atoms with Crippen LogP contribution in [0.3, 0.4) is 0 Å². The summed E-state index contributed by atoms with van der Waals surface area (Å²) in [4.78, 5) is 23.6. The van der Waals surface area contributed by atoms with E-state index in [1.807, 2.05) is 0 Å². The first kappa shape index (κ1) is 19.3. The van der Waals surface area contributed by atoms with Crippen LogP contribution in [0.15, 0.2) is 39.3 Å². The van der Waals surface area contributed by atoms with Crippen molar-refractivity contribution >= 4 is 33.0 Å². The first-order valence-corrected chi connectivity index (χ1v) is 9.94. The second-order valence-electron chi connectivity index (χ2n) is 5.31. The summed E-state index contributed by atoms with van der Waals surface area (Å²) in [6, 6.07) is 5.95. The van der Waals surface area contributed by atoms with Crippen molar-refractivity contribution in [1.29, 1.82) is 0 Å². The van der Waals surface area contributed by atoms with Crippen LogP contribution in [0.5, 0.6) is 0 Å². The van der Waals surface area contributed by atoms with Gasteiger partial charge in [0.15, 0.2) is 0 Å². The smallest absolute Gasteiger partial charge is 0.307 e. The highest BCUT2D eigenvalue weighted by atomic mass is 32.2. The quantitative estimate of drug-likeness (QED) is 0.611. The normalized spacial score (nSPS) is 11.4. The average molecular weight is 384 g/mol. The molecule has 25 heavy (non-hydrogen) atoms. The highest BCUT2D eigenvalue weighted by Gasteiger charge is 2.14. The molecule has 0 bridgehead atoms. The number of nitrogens with one attached hydrogen (secondary N) is 2. The van der Waals surface area contributed by atoms with Gasteiger partial charge in [-0.3, -0.25) is 9.59 Å². The zero-order valence-electron chi connectivity index (χ0n) is 13.7. The number of hydrogen-bond acceptors (Lipinski definition) is 6. The molecule has 0 atom stereocenters. The maximum atomic E-state index is 12.1. The molecule has 0 saturated heterocycles. The number of nitrogens with two attached hydrogens (primary N) is 1. The molecule has 0 radical (unpaired) electrons. The Hall–Kier alpha value is -2.01. The van der Waals surface area contributed by atoms with Crippen molar-refractivity contribution in [2.45, 2.75) is 24.8 Å². The van der Waals surface area contributed by atoms with E-state index in [2.05, 4.69) is 10.0 Å². The summed E-state index contributed by atoms with van der Waals surface area (Å²) < 4.78 is 28.0. The summed E-state index contributed by atoms with van der Waals surface area (Å²) in [5.41, 5.74) is 6.47. The second kappa shape index (κ2) is 8.39. The van der Waals surface area contributed by atoms with Gasteiger partial charge < -0.3 is 15.6 Å². The average Bonchev–Trinajstić information content (AvgIpc) is 2.89. The third kappa shape index (κ3) is 5.23. The molecule has 0 aliphatic rings. The lowest BCUT2D eigenvalue weighted by atomic mass is 10.3. The number of hydrogen-bond donors (Lipinski definition) is 3. The topological polar surface area (TPSA) is 123 Å². The van der Waals surface area contributed by atoms with E-state index in [0.29, 0.717) is 5.69 Å². The Morgan fingerprint density at radius 2 is 2.12 bits per heavy atom. The van der Waals surface area contributed by atoms with Crippen LogP contribution < -0.4 is 20.6 Å². The number of nitrogens with zero attached hydrogens (tertiary/aromatic N) is 1. The van der Waals surface area contributed by atoms with E-state index in [9.17, 15) is 18.0 Å². The lowest BCUT2D eigenvalue weighted by molar-refractivity contribution is -0.116. The molecule has 8 nitrogen and oxygen atoms in total. The van der Waals surface area contributed by atoms with Crippen molar-refractivity contribution in [3.8, 4) is 0 Å². The first-order chi connectivity index (χ1) is 11.8. The summed E-state index contributed by atoms with van der Waals surface area (Å²) in [5, 5.41) is 4.38. The lowest BCUT2D eigenvalue weighted by Crippen LogP contribution is -2.29. The molecule has 1 amide bonds. The molecule has 1 heterocycles. The fourth-order valence-electron chi connectivity index (χ4n) is 2.13. The van der Waals surface area contributed by atoms with Gasteiger partial charge in [-0.25, -0.2) is 13.1 Å². The molecule has 0 unspecified atom stereocenters. The van der Waals surface area contributed by atoms with Crippen LogP contribution in [-0.2, 0) is 21.4 Å². The summed E-state index contributed by atoms with van der Waals surface area (Å²) in [6.45, 7) is 2.40. The van der Waals surface area contributed by atoms with Crippen molar-refractivity contribution in [2.75, 3.05) is 18.4 Å². The minimum absolute atomic E-state index is 0.0450. The molecule has 2 rings (SSSR count). The Morgan fingerprint density at radius 3 is 2.76 bits per heavy atom. The van der Waals surface area contributed by atoms with Gasteiger partial charge in [0.25, 0.3) is 0 Å². The predicted molar refractivity (Wildman–Crippen MR) is 97.2 cm³/mol. The van der Waals surface area contributed by atoms with Gasteiger partial charge in [0.2, 0.25) is 15.9 Å². The van der Waals surface area contributed by atoms with Crippen LogP contribution in [0.25, 0.3) is 0 Å². The first-order valence-electron chi connectivity index (χ1n) is 7.58. The lowest BCUT2D eigenvalue weighted by Gasteiger charge is -2.09. The van der Waals surface area contributed by atoms with Crippen LogP contribution in [0.4, 0.5) is 5.69 Å². The number of carbonyl (C=O) groups excluding carboxylic acids is 1. The van der Waals surface area contributed by atoms with Crippen LogP contribution in [0.2, 0.25) is 0 Å². The van der Waals surface area contributed by atoms with Gasteiger partial charge >= 0.3 is 4.87 Å². The molecule has 1 aromatic heterocycles. The maximum absolute atomic E-state index is 12.1. The number of benzene rings is 1. The molecule has 10 heteroatoms. The molecular formula is C15H20N4O4S2. The predicted octanol–water partition coefficient (Wildman–Crippen LogP) is 0.484. The molecule has 1 aromatic carbocycles. The standard InChI is InChI=1S/C15H20N4O4S2/c1-11-10-24-15(21)19(11)8-5-14(20)18-12-3-2-4-13(9-12)25(22,23)17-7-6-16/h2-4,9-10,17H,5-8,16H2,1H3,(H,18,20). The van der Waals surface area contributed by atoms with Crippen molar-refractivity contribution in [1.82, 2.24) is 9.29 Å². The van der Waals surface area contributed by atoms with E-state index < -0.39 is 10.0 Å². The highest BCUT2D eigenvalue weighted by molar-refractivity contribution is 7.89. The second-order valence-corrected chi connectivity index (χ2v) is 7.89. The van der Waals surface area contributed by atoms with Crippen LogP contribution in [0, 0.1) is 6.92 Å². The minimum atomic E-state index is -3.67. The number of aromatic nitrogens is 1. The molecule has 2 aromatic rings. The van der Waals surface area contributed by atoms with E-state index in [-0.39, 0.29) is 41.7 Å². The largest absolute Gasteiger partial charge is 0.329 e. The molecule has 0 saturated carbocycles. The fraction of sp³-hybridized carbons (Fsp3) is 0.333. The SMILES string of the molecule is Cc1csc(=O)n1CCC(=O)Nc1cccc(S(=O)(=O)NCCN)c1. The Labute approximate surface area is 149 Å². The number of carbonyl (C=O) groups is 1. The Bertz CT molecular complexity index is 902. The van der Waals surface area contributed by atoms with Gasteiger partial charge in [0, 0.05) is 42.8 Å². The number of aryl methyl sites for hydroxylation is 1. The Kier molecular flexibility index (Phi) is 6.48. The van der Waals surface area contributed by atoms with Gasteiger partial charge in [0.05, 0.1) is 4.90 Å². The van der Waals surface area contributed by atoms with Gasteiger partial charge in [-0.1, -0.05) is 17.4 Å². The maximum Gasteiger partial charge on any atom is 0.307 e. The molecule has 0 aliphatic heterocycles. The number of sulfonamides is 1. The van der Waals surface area contributed by atoms with Gasteiger partial charge in [-0.05, 0) is 25.1 Å². The van der Waals surface area contributed by atoms with Crippen molar-refractivity contribution < 1.29 is 13.2 Å². The summed E-state index contributed by atoms with van der Waals surface area (Å²) >= 11 is 1.09. The molecule has 0 fully saturated rings. The third-order valence-corrected chi connectivity index (χ3v) is 5.74. The molecular weight excluding hydrogens is 364 g/mol. The van der Waals surface area contributed by atoms with Gasteiger partial charge in [0.1, 0.15) is 0 Å². The summed E-state index contributed by atoms with van der Waals surface area (Å²) in [7, 11) is -3.67. The monoisotopic (exact) mass is 384 g/mol. The summed E-state index contributed by atoms with van der Waals surface area (Å²) in [6.07, 6.45) is 0.111. The third-order valence-electron chi connectivity index (χ3n) is 3.40. The minimum Gasteiger partial charge on any atom is -0.329 e. The van der Waals surface area contributed by atoms with Gasteiger partial charge in [-0.15, -0.1) is 0 Å². The molecule has 136 valence electrons. The van der Waals surface area contributed by atoms with Crippen LogP contribution >= 0.6 is 11.3 Å². The Morgan fingerprint density at radius 1 is 1.36 bits per heavy atom. The van der Waals surface area contributed by atoms with Crippen LogP contribution in [0.1, 0.15) is 12.1 Å². The van der Waals surface area contributed by atoms with Gasteiger partial charge in [-0.2, -0.15) is 0 Å². The van der Waals surface area contributed by atoms with E-state index in [0.717, 1.165) is 17.0 Å². The number of rotatable bonds is 8. The molecule has 0 spiro atoms. The van der Waals surface area contributed by atoms with E-state index >= 15 is 0 Å². The van der Waals surface area contributed by atoms with E-state index in [4.69, 9.17) is 5.73 Å². The number of amides is 1. The summed E-state index contributed by atoms with van der Waals surface area (Å²) in [5.74, 6) is -0.304. The van der Waals surface area contributed by atoms with Crippen LogP contribution in [-0.4, -0.2) is 32.0 Å². The van der Waals surface area contributed by atoms with E-state index in [1.165, 1.54) is 16.7 Å². The molecule has 4 N–H and O–H groups in total. The van der Waals surface area contributed by atoms with Crippen molar-refractivity contribution in [3.05, 3.63) is 45.0 Å². The number of anilines is 1. The van der Waals surface area contributed by atoms with Crippen molar-refractivity contribution in [3.63, 3.8) is 0 Å². The molecule has 0 aliphatic carbocycles. The zero-order chi connectivity index (χ0) is 18.4. The zero-order valence-corrected chi connectivity index (χ0v) is 15.3. The number of thiazole rings is 1. The Balaban J connectivity index is 2.02. The van der Waals surface area contributed by atoms with E-state index in [1.54, 1.807) is 24.4 Å². The van der Waals surface area contributed by atoms with Crippen molar-refractivity contribution in [2.24, 2.45) is 5.73 Å². The highest BCUT2D eigenvalue weighted by Crippen LogP contribution is 2.15. The fourth-order valence-corrected chi connectivity index (χ4v) is 3.98.